The average Bonchev–Trinajstić information content (AvgIpc) is 2.76. The summed E-state index contributed by atoms with van der Waals surface area (Å²) in [6, 6.07) is -3.35. The Morgan fingerprint density at radius 3 is 2.12 bits per heavy atom. The van der Waals surface area contributed by atoms with Gasteiger partial charge in [0.25, 0.3) is 0 Å². The van der Waals surface area contributed by atoms with Crippen molar-refractivity contribution in [3.8, 4) is 0 Å². The number of methoxy groups -OCH3 is 1. The molecule has 0 radical (unpaired) electrons. The third-order valence-electron chi connectivity index (χ3n) is 7.51. The minimum absolute atomic E-state index is 0. The molecule has 11 atom stereocenters. The molecule has 214 valence electrons. The molecule has 0 spiro atoms. The summed E-state index contributed by atoms with van der Waals surface area (Å²) in [5, 5.41) is 19.1. The third kappa shape index (κ3) is 11.0. The van der Waals surface area contributed by atoms with Gasteiger partial charge < -0.3 is 28.8 Å². The first-order valence-corrected chi connectivity index (χ1v) is 15.6. The number of azo groups is 1. The van der Waals surface area contributed by atoms with Gasteiger partial charge in [-0.25, -0.2) is 21.0 Å². The fraction of sp³-hybridized carbons (Fsp3) is 0.947. The summed E-state index contributed by atoms with van der Waals surface area (Å²) in [6.07, 6.45) is -3.44. The first kappa shape index (κ1) is 41.9. The van der Waals surface area contributed by atoms with Crippen LogP contribution in [0.4, 0.5) is 0 Å². The monoisotopic (exact) mass is 657 g/mol. The summed E-state index contributed by atoms with van der Waals surface area (Å²) < 4.78 is 104. The van der Waals surface area contributed by atoms with E-state index in [1.165, 1.54) is 14.0 Å². The van der Waals surface area contributed by atoms with Crippen molar-refractivity contribution >= 4 is 37.5 Å². The number of rotatable bonds is 8. The molecular weight excluding hydrogens is 627 g/mol. The number of carbonyl (C=O) groups excluding carboxylic acids is 1. The van der Waals surface area contributed by atoms with Crippen molar-refractivity contribution in [1.29, 1.82) is 0 Å². The van der Waals surface area contributed by atoms with Crippen LogP contribution in [0, 0.1) is 11.8 Å². The Labute approximate surface area is 303 Å². The maximum atomic E-state index is 11.8. The number of hydrogen-bond acceptors (Lipinski definition) is 14. The van der Waals surface area contributed by atoms with Gasteiger partial charge in [-0.15, -0.1) is 0 Å². The van der Waals surface area contributed by atoms with Crippen LogP contribution in [0.2, 0.25) is 0 Å². The van der Waals surface area contributed by atoms with Crippen molar-refractivity contribution in [2.75, 3.05) is 7.11 Å². The van der Waals surface area contributed by atoms with Crippen molar-refractivity contribution in [3.63, 3.8) is 0 Å². The standard InChI is InChI=1S/C19H33N3O12S3.3Na/c1-9(23)20-14-8-12(36(27,28)29)5-10-6-15(34-35(25)26)18(19(24)17(10)14)22-21-13-4-3-11(33-2)7-16(13)37(30,31)32;;;/h10-19,24H,3-8H2,1-2H3,(H,20,23)(H,25,26)(H,27,28,29)(H,30,31,32);;;/q;3*+1/p-3. The summed E-state index contributed by atoms with van der Waals surface area (Å²) in [6.45, 7) is 1.18. The van der Waals surface area contributed by atoms with E-state index in [2.05, 4.69) is 15.5 Å². The Morgan fingerprint density at radius 1 is 1.00 bits per heavy atom. The van der Waals surface area contributed by atoms with E-state index in [9.17, 15) is 44.6 Å². The fourth-order valence-electron chi connectivity index (χ4n) is 5.90. The molecule has 3 fully saturated rings. The van der Waals surface area contributed by atoms with Crippen LogP contribution in [-0.2, 0) is 45.3 Å². The van der Waals surface area contributed by atoms with Gasteiger partial charge in [-0.3, -0.25) is 8.98 Å². The first-order chi connectivity index (χ1) is 17.1. The molecule has 2 N–H and O–H groups in total. The van der Waals surface area contributed by atoms with Crippen LogP contribution in [0.5, 0.6) is 0 Å². The maximum Gasteiger partial charge on any atom is 1.00 e. The summed E-state index contributed by atoms with van der Waals surface area (Å²) in [5.74, 6) is -2.08. The number of amides is 1. The molecule has 15 nitrogen and oxygen atoms in total. The van der Waals surface area contributed by atoms with Gasteiger partial charge in [0.05, 0.1) is 60.3 Å². The Balaban J connectivity index is 0.00000507. The first-order valence-electron chi connectivity index (χ1n) is 11.7. The molecule has 0 saturated heterocycles. The van der Waals surface area contributed by atoms with Crippen molar-refractivity contribution in [3.05, 3.63) is 0 Å². The van der Waals surface area contributed by atoms with Crippen LogP contribution >= 0.6 is 0 Å². The van der Waals surface area contributed by atoms with Crippen LogP contribution in [-0.4, -0.2) is 99.8 Å². The minimum Gasteiger partial charge on any atom is -0.750 e. The Morgan fingerprint density at radius 2 is 1.62 bits per heavy atom. The van der Waals surface area contributed by atoms with E-state index in [1.54, 1.807) is 0 Å². The molecule has 0 aromatic carbocycles. The van der Waals surface area contributed by atoms with Gasteiger partial charge in [0.1, 0.15) is 12.1 Å². The van der Waals surface area contributed by atoms with Crippen LogP contribution in [0.15, 0.2) is 10.2 Å². The van der Waals surface area contributed by atoms with Gasteiger partial charge in [0, 0.05) is 26.0 Å². The average molecular weight is 658 g/mol. The van der Waals surface area contributed by atoms with E-state index in [-0.39, 0.29) is 121 Å². The normalized spacial score (nSPS) is 37.1. The Bertz CT molecular complexity index is 1120. The number of nitrogens with one attached hydrogen (secondary N) is 1. The van der Waals surface area contributed by atoms with Crippen molar-refractivity contribution < 1.29 is 142 Å². The van der Waals surface area contributed by atoms with Crippen LogP contribution in [0.1, 0.15) is 45.4 Å². The molecule has 0 aliphatic heterocycles. The number of aliphatic hydroxyl groups excluding tert-OH is 1. The summed E-state index contributed by atoms with van der Waals surface area (Å²) >= 11 is -3.06. The molecule has 40 heavy (non-hydrogen) atoms. The van der Waals surface area contributed by atoms with Gasteiger partial charge in [0.15, 0.2) is 0 Å². The molecule has 0 aromatic heterocycles. The summed E-state index contributed by atoms with van der Waals surface area (Å²) in [4.78, 5) is 11.8. The van der Waals surface area contributed by atoms with E-state index in [4.69, 9.17) is 8.92 Å². The predicted molar refractivity (Wildman–Crippen MR) is 122 cm³/mol. The molecule has 0 heterocycles. The van der Waals surface area contributed by atoms with Gasteiger partial charge in [-0.05, 0) is 44.4 Å². The molecular formula is C19H30N3Na3O12S3. The second kappa shape index (κ2) is 17.5. The third-order valence-corrected chi connectivity index (χ3v) is 10.4. The van der Waals surface area contributed by atoms with Gasteiger partial charge in [-0.2, -0.15) is 10.2 Å². The van der Waals surface area contributed by atoms with Gasteiger partial charge in [-0.1, -0.05) is 0 Å². The molecule has 11 unspecified atom stereocenters. The van der Waals surface area contributed by atoms with Crippen LogP contribution in [0.3, 0.4) is 0 Å². The zero-order chi connectivity index (χ0) is 27.7. The SMILES string of the molecule is COC1CCC(N=NC2C(OS(=O)[O-])CC3CC(S(=O)(=O)[O-])CC(NC(C)=O)C3C2O)C(S(=O)(=O)[O-])C1.[Na+].[Na+].[Na+]. The topological polar surface area (TPSA) is 247 Å². The molecule has 0 aromatic rings. The van der Waals surface area contributed by atoms with Crippen LogP contribution in [0.25, 0.3) is 0 Å². The van der Waals surface area contributed by atoms with Crippen molar-refractivity contribution in [1.82, 2.24) is 5.32 Å². The van der Waals surface area contributed by atoms with E-state index in [0.717, 1.165) is 0 Å². The smallest absolute Gasteiger partial charge is 0.750 e. The van der Waals surface area contributed by atoms with E-state index >= 15 is 0 Å². The van der Waals surface area contributed by atoms with Crippen molar-refractivity contribution in [2.24, 2.45) is 22.1 Å². The largest absolute Gasteiger partial charge is 1.00 e. The van der Waals surface area contributed by atoms with Gasteiger partial charge in [0.2, 0.25) is 5.91 Å². The zero-order valence-corrected chi connectivity index (χ0v) is 31.5. The van der Waals surface area contributed by atoms with E-state index in [1.807, 2.05) is 0 Å². The fourth-order valence-corrected chi connectivity index (χ4v) is 8.25. The quantitative estimate of drug-likeness (QED) is 0.107. The minimum atomic E-state index is -4.79. The molecule has 21 heteroatoms. The maximum absolute atomic E-state index is 11.8. The Kier molecular flexibility index (Phi) is 18.4. The number of hydrogen-bond donors (Lipinski definition) is 2. The zero-order valence-electron chi connectivity index (χ0n) is 23.1. The molecule has 3 aliphatic rings. The Hall–Kier alpha value is 1.88. The molecule has 0 bridgehead atoms. The second-order valence-corrected chi connectivity index (χ2v) is 13.6. The predicted octanol–water partition coefficient (Wildman–Crippen LogP) is -10.3. The number of carbonyl (C=O) groups is 1. The number of ether oxygens (including phenoxy) is 1. The number of aliphatic hydroxyl groups is 1. The number of nitrogens with zero attached hydrogens (tertiary/aromatic N) is 2. The van der Waals surface area contributed by atoms with E-state index < -0.39 is 96.3 Å². The molecule has 3 saturated carbocycles. The molecule has 3 aliphatic carbocycles. The molecule has 3 rings (SSSR count). The second-order valence-electron chi connectivity index (χ2n) is 9.79. The van der Waals surface area contributed by atoms with Crippen molar-refractivity contribution in [2.45, 2.75) is 92.4 Å². The van der Waals surface area contributed by atoms with Crippen LogP contribution < -0.4 is 94.0 Å². The van der Waals surface area contributed by atoms with E-state index in [0.29, 0.717) is 6.42 Å². The summed E-state index contributed by atoms with van der Waals surface area (Å²) in [7, 11) is -8.15. The number of fused-ring (bicyclic) bond motifs is 1. The molecule has 1 amide bonds. The van der Waals surface area contributed by atoms with Gasteiger partial charge >= 0.3 is 88.7 Å². The summed E-state index contributed by atoms with van der Waals surface area (Å²) in [5.41, 5.74) is 0.